The van der Waals surface area contributed by atoms with E-state index in [1.165, 1.54) is 57.8 Å². The monoisotopic (exact) mass is 839 g/mol. The zero-order chi connectivity index (χ0) is 43.0. The third-order valence-electron chi connectivity index (χ3n) is 8.92. The summed E-state index contributed by atoms with van der Waals surface area (Å²) in [5, 5.41) is 28.6. The van der Waals surface area contributed by atoms with E-state index in [1.807, 2.05) is 12.2 Å². The van der Waals surface area contributed by atoms with Gasteiger partial charge in [-0.3, -0.25) is 18.6 Å². The average Bonchev–Trinajstić information content (AvgIpc) is 3.19. The summed E-state index contributed by atoms with van der Waals surface area (Å²) in [7, 11) is -4.69. The van der Waals surface area contributed by atoms with E-state index in [-0.39, 0.29) is 19.3 Å². The molecular weight excluding hydrogens is 759 g/mol. The Hall–Kier alpha value is -2.63. The Morgan fingerprint density at radius 1 is 0.603 bits per heavy atom. The van der Waals surface area contributed by atoms with Crippen LogP contribution in [0.3, 0.4) is 0 Å². The van der Waals surface area contributed by atoms with Crippen LogP contribution in [-0.4, -0.2) is 76.9 Å². The van der Waals surface area contributed by atoms with Crippen molar-refractivity contribution < 1.29 is 52.9 Å². The van der Waals surface area contributed by atoms with Gasteiger partial charge >= 0.3 is 19.8 Å². The summed E-state index contributed by atoms with van der Waals surface area (Å²) in [6.07, 6.45) is 40.6. The molecule has 0 aromatic heterocycles. The van der Waals surface area contributed by atoms with Gasteiger partial charge in [0.1, 0.15) is 12.7 Å². The molecule has 0 fully saturated rings. The standard InChI is InChI=1S/C46H79O11P/c1-4-5-6-7-8-9-10-11-12-13-14-18-21-24-27-30-33-42(48)35-36-46(51)57-44(40-56-58(52,53)55-38-43(49)37-47)39-54-45(50)34-31-28-25-22-19-16-15-17-20-23-26-29-32-41(2)3/h5-6,8-9,11-12,14,18,24,27,30,33,41-44,47-49H,4,7,10,13,15-17,19-23,25-26,28-29,31-32,34-40H2,1-3H3,(H,52,53)/b6-5-,9-8-,12-11-,18-14-,27-24-,33-30-/t42?,43-,44+/m0/s1. The molecular formula is C46H79O11P. The Bertz CT molecular complexity index is 1220. The Morgan fingerprint density at radius 2 is 1.10 bits per heavy atom. The highest BCUT2D eigenvalue weighted by atomic mass is 31.2. The molecule has 4 N–H and O–H groups in total. The number of ether oxygens (including phenoxy) is 2. The summed E-state index contributed by atoms with van der Waals surface area (Å²) in [6.45, 7) is 4.30. The largest absolute Gasteiger partial charge is 0.472 e. The molecule has 0 aliphatic heterocycles. The van der Waals surface area contributed by atoms with Gasteiger partial charge in [-0.2, -0.15) is 0 Å². The zero-order valence-corrected chi connectivity index (χ0v) is 36.9. The third-order valence-corrected chi connectivity index (χ3v) is 9.87. The maximum absolute atomic E-state index is 12.6. The molecule has 0 bridgehead atoms. The number of phosphoric acid groups is 1. The van der Waals surface area contributed by atoms with Gasteiger partial charge in [-0.25, -0.2) is 4.57 Å². The van der Waals surface area contributed by atoms with E-state index in [1.54, 1.807) is 12.2 Å². The van der Waals surface area contributed by atoms with Gasteiger partial charge in [-0.15, -0.1) is 0 Å². The summed E-state index contributed by atoms with van der Waals surface area (Å²) in [6, 6.07) is 0. The van der Waals surface area contributed by atoms with Gasteiger partial charge in [-0.05, 0) is 50.9 Å². The van der Waals surface area contributed by atoms with Crippen molar-refractivity contribution in [1.82, 2.24) is 0 Å². The maximum atomic E-state index is 12.6. The summed E-state index contributed by atoms with van der Waals surface area (Å²) in [4.78, 5) is 35.0. The molecule has 0 saturated carbocycles. The number of carbonyl (C=O) groups is 2. The first kappa shape index (κ1) is 55.4. The molecule has 0 aromatic carbocycles. The molecule has 2 unspecified atom stereocenters. The predicted molar refractivity (Wildman–Crippen MR) is 234 cm³/mol. The molecule has 58 heavy (non-hydrogen) atoms. The van der Waals surface area contributed by atoms with E-state index in [9.17, 15) is 29.3 Å². The second-order valence-corrected chi connectivity index (χ2v) is 16.5. The molecule has 12 heteroatoms. The highest BCUT2D eigenvalue weighted by Gasteiger charge is 2.27. The smallest absolute Gasteiger partial charge is 0.462 e. The maximum Gasteiger partial charge on any atom is 0.472 e. The van der Waals surface area contributed by atoms with Crippen LogP contribution in [0.15, 0.2) is 72.9 Å². The molecule has 334 valence electrons. The molecule has 0 rings (SSSR count). The van der Waals surface area contributed by atoms with Crippen LogP contribution >= 0.6 is 7.82 Å². The van der Waals surface area contributed by atoms with Gasteiger partial charge in [0, 0.05) is 12.8 Å². The second-order valence-electron chi connectivity index (χ2n) is 15.0. The number of aliphatic hydroxyl groups is 3. The van der Waals surface area contributed by atoms with Gasteiger partial charge < -0.3 is 29.7 Å². The van der Waals surface area contributed by atoms with Crippen LogP contribution in [-0.2, 0) is 32.7 Å². The lowest BCUT2D eigenvalue weighted by atomic mass is 10.0. The van der Waals surface area contributed by atoms with E-state index in [4.69, 9.17) is 19.1 Å². The Balaban J connectivity index is 4.54. The van der Waals surface area contributed by atoms with Crippen LogP contribution in [0.5, 0.6) is 0 Å². The molecule has 0 aliphatic rings. The minimum Gasteiger partial charge on any atom is -0.462 e. The minimum atomic E-state index is -4.69. The quantitative estimate of drug-likeness (QED) is 0.0153. The number of phosphoric ester groups is 1. The summed E-state index contributed by atoms with van der Waals surface area (Å²) < 4.78 is 32.5. The van der Waals surface area contributed by atoms with E-state index >= 15 is 0 Å². The molecule has 4 atom stereocenters. The first-order valence-corrected chi connectivity index (χ1v) is 23.4. The highest BCUT2D eigenvalue weighted by Crippen LogP contribution is 2.43. The number of unbranched alkanes of at least 4 members (excludes halogenated alkanes) is 11. The van der Waals surface area contributed by atoms with Crippen molar-refractivity contribution in [3.05, 3.63) is 72.9 Å². The van der Waals surface area contributed by atoms with E-state index in [2.05, 4.69) is 73.9 Å². The lowest BCUT2D eigenvalue weighted by Gasteiger charge is -2.20. The van der Waals surface area contributed by atoms with Crippen LogP contribution in [0, 0.1) is 5.92 Å². The van der Waals surface area contributed by atoms with Gasteiger partial charge in [0.25, 0.3) is 0 Å². The molecule has 0 aliphatic carbocycles. The highest BCUT2D eigenvalue weighted by molar-refractivity contribution is 7.47. The van der Waals surface area contributed by atoms with Gasteiger partial charge in [-0.1, -0.05) is 171 Å². The Morgan fingerprint density at radius 3 is 1.64 bits per heavy atom. The SMILES string of the molecule is CC/C=C\C/C=C\C/C=C\C/C=C\C/C=C\C=C/C(O)CCC(=O)O[C@H](COC(=O)CCCCCCCCCCCCCCC(C)C)COP(=O)(O)OC[C@@H](O)CO. The third kappa shape index (κ3) is 40.2. The summed E-state index contributed by atoms with van der Waals surface area (Å²) in [5.74, 6) is -0.413. The van der Waals surface area contributed by atoms with E-state index in [0.29, 0.717) is 6.42 Å². The topological polar surface area (TPSA) is 169 Å². The van der Waals surface area contributed by atoms with Crippen LogP contribution in [0.1, 0.15) is 156 Å². The van der Waals surface area contributed by atoms with Crippen molar-refractivity contribution in [3.8, 4) is 0 Å². The zero-order valence-electron chi connectivity index (χ0n) is 36.0. The molecule has 0 saturated heterocycles. The molecule has 0 radical (unpaired) electrons. The number of aliphatic hydroxyl groups excluding tert-OH is 3. The fraction of sp³-hybridized carbons (Fsp3) is 0.696. The normalized spacial score (nSPS) is 15.2. The van der Waals surface area contributed by atoms with Crippen LogP contribution in [0.2, 0.25) is 0 Å². The van der Waals surface area contributed by atoms with Gasteiger partial charge in [0.15, 0.2) is 6.10 Å². The van der Waals surface area contributed by atoms with Crippen molar-refractivity contribution >= 4 is 19.8 Å². The van der Waals surface area contributed by atoms with Gasteiger partial charge in [0.2, 0.25) is 0 Å². The van der Waals surface area contributed by atoms with Gasteiger partial charge in [0.05, 0.1) is 25.9 Å². The second kappa shape index (κ2) is 39.8. The first-order valence-electron chi connectivity index (χ1n) is 21.9. The van der Waals surface area contributed by atoms with Crippen molar-refractivity contribution in [1.29, 1.82) is 0 Å². The van der Waals surface area contributed by atoms with Crippen molar-refractivity contribution in [3.63, 3.8) is 0 Å². The molecule has 0 heterocycles. The fourth-order valence-electron chi connectivity index (χ4n) is 5.52. The lowest BCUT2D eigenvalue weighted by Crippen LogP contribution is -2.30. The average molecular weight is 839 g/mol. The Kier molecular flexibility index (Phi) is 38.0. The minimum absolute atomic E-state index is 0.0621. The number of hydrogen-bond donors (Lipinski definition) is 4. The lowest BCUT2D eigenvalue weighted by molar-refractivity contribution is -0.161. The van der Waals surface area contributed by atoms with Crippen molar-refractivity contribution in [2.24, 2.45) is 5.92 Å². The number of carbonyl (C=O) groups excluding carboxylic acids is 2. The van der Waals surface area contributed by atoms with Crippen molar-refractivity contribution in [2.75, 3.05) is 26.4 Å². The van der Waals surface area contributed by atoms with E-state index < -0.39 is 64.5 Å². The molecule has 0 spiro atoms. The van der Waals surface area contributed by atoms with Crippen LogP contribution in [0.25, 0.3) is 0 Å². The van der Waals surface area contributed by atoms with E-state index in [0.717, 1.165) is 57.3 Å². The first-order chi connectivity index (χ1) is 28.0. The molecule has 0 amide bonds. The van der Waals surface area contributed by atoms with Crippen molar-refractivity contribution in [2.45, 2.75) is 174 Å². The summed E-state index contributed by atoms with van der Waals surface area (Å²) in [5.41, 5.74) is 0. The van der Waals surface area contributed by atoms with Crippen LogP contribution in [0.4, 0.5) is 0 Å². The molecule has 11 nitrogen and oxygen atoms in total. The van der Waals surface area contributed by atoms with Crippen LogP contribution < -0.4 is 0 Å². The number of rotatable bonds is 39. The predicted octanol–water partition coefficient (Wildman–Crippen LogP) is 10.5. The number of esters is 2. The summed E-state index contributed by atoms with van der Waals surface area (Å²) >= 11 is 0. The Labute approximate surface area is 351 Å². The molecule has 0 aromatic rings. The number of allylic oxidation sites excluding steroid dienone is 11. The number of hydrogen-bond acceptors (Lipinski definition) is 10. The fourth-order valence-corrected chi connectivity index (χ4v) is 6.31.